The average molecular weight is 644 g/mol. The summed E-state index contributed by atoms with van der Waals surface area (Å²) >= 11 is 0. The zero-order valence-electron chi connectivity index (χ0n) is 27.0. The highest BCUT2D eigenvalue weighted by atomic mass is 16.3. The van der Waals surface area contributed by atoms with E-state index in [0.29, 0.717) is 17.5 Å². The Labute approximate surface area is 287 Å². The van der Waals surface area contributed by atoms with Gasteiger partial charge in [-0.1, -0.05) is 115 Å². The van der Waals surface area contributed by atoms with Gasteiger partial charge in [-0.3, -0.25) is 0 Å². The molecule has 0 spiro atoms. The molecule has 1 aliphatic carbocycles. The first kappa shape index (κ1) is 28.4. The van der Waals surface area contributed by atoms with E-state index in [0.717, 1.165) is 95.7 Å². The molecule has 5 heteroatoms. The Morgan fingerprint density at radius 1 is 0.440 bits per heavy atom. The Hall–Kier alpha value is -6.59. The molecule has 10 rings (SSSR count). The molecule has 6 aromatic carbocycles. The van der Waals surface area contributed by atoms with Gasteiger partial charge in [-0.05, 0) is 71.5 Å². The second kappa shape index (κ2) is 11.5. The highest BCUT2D eigenvalue weighted by Gasteiger charge is 2.20. The molecular weight excluding hydrogens is 615 g/mol. The third kappa shape index (κ3) is 4.74. The number of benzene rings is 6. The van der Waals surface area contributed by atoms with Gasteiger partial charge in [0.2, 0.25) is 0 Å². The summed E-state index contributed by atoms with van der Waals surface area (Å²) in [7, 11) is 0. The van der Waals surface area contributed by atoms with Crippen LogP contribution in [0.3, 0.4) is 0 Å². The molecule has 0 amide bonds. The summed E-state index contributed by atoms with van der Waals surface area (Å²) in [5.74, 6) is 1.97. The van der Waals surface area contributed by atoms with Crippen LogP contribution in [-0.4, -0.2) is 15.0 Å². The molecule has 0 fully saturated rings. The number of hydrogen-bond acceptors (Lipinski definition) is 5. The Balaban J connectivity index is 1.22. The van der Waals surface area contributed by atoms with Crippen LogP contribution in [0.5, 0.6) is 0 Å². The third-order valence-corrected chi connectivity index (χ3v) is 9.63. The number of furan rings is 2. The first-order valence-corrected chi connectivity index (χ1v) is 16.9. The van der Waals surface area contributed by atoms with E-state index in [4.69, 9.17) is 23.8 Å². The van der Waals surface area contributed by atoms with Crippen molar-refractivity contribution in [2.75, 3.05) is 0 Å². The maximum atomic E-state index is 6.48. The van der Waals surface area contributed by atoms with Crippen molar-refractivity contribution >= 4 is 49.5 Å². The number of fused-ring (bicyclic) bond motifs is 6. The lowest BCUT2D eigenvalue weighted by Gasteiger charge is -2.15. The van der Waals surface area contributed by atoms with Gasteiger partial charge in [0.15, 0.2) is 17.5 Å². The van der Waals surface area contributed by atoms with Gasteiger partial charge in [0.1, 0.15) is 22.3 Å². The van der Waals surface area contributed by atoms with Crippen LogP contribution in [0.4, 0.5) is 0 Å². The first-order chi connectivity index (χ1) is 24.8. The van der Waals surface area contributed by atoms with Crippen LogP contribution >= 0.6 is 0 Å². The van der Waals surface area contributed by atoms with E-state index in [-0.39, 0.29) is 0 Å². The summed E-state index contributed by atoms with van der Waals surface area (Å²) in [6, 6.07) is 45.8. The van der Waals surface area contributed by atoms with Crippen LogP contribution in [0.25, 0.3) is 94.5 Å². The molecule has 0 saturated carbocycles. The number of aromatic nitrogens is 3. The highest BCUT2D eigenvalue weighted by molar-refractivity contribution is 6.10. The fourth-order valence-corrected chi connectivity index (χ4v) is 7.16. The Morgan fingerprint density at radius 2 is 1.12 bits per heavy atom. The number of hydrogen-bond donors (Lipinski definition) is 0. The van der Waals surface area contributed by atoms with Crippen LogP contribution in [0.1, 0.15) is 18.7 Å². The summed E-state index contributed by atoms with van der Waals surface area (Å²) in [5.41, 5.74) is 10.5. The van der Waals surface area contributed by atoms with Crippen LogP contribution in [0.15, 0.2) is 161 Å². The number of para-hydroxylation sites is 3. The summed E-state index contributed by atoms with van der Waals surface area (Å²) < 4.78 is 12.8. The first-order valence-electron chi connectivity index (χ1n) is 16.9. The normalized spacial score (nSPS) is 13.1. The van der Waals surface area contributed by atoms with Crippen molar-refractivity contribution in [3.63, 3.8) is 0 Å². The molecule has 0 unspecified atom stereocenters. The molecule has 0 aliphatic heterocycles. The van der Waals surface area contributed by atoms with Gasteiger partial charge in [-0.15, -0.1) is 0 Å². The molecule has 0 bridgehead atoms. The molecular formula is C45H29N3O2. The molecule has 50 heavy (non-hydrogen) atoms. The zero-order chi connectivity index (χ0) is 33.0. The number of allylic oxidation sites excluding steroid dienone is 4. The molecule has 3 aromatic heterocycles. The van der Waals surface area contributed by atoms with E-state index in [1.54, 1.807) is 0 Å². The summed E-state index contributed by atoms with van der Waals surface area (Å²) in [5, 5.41) is 4.38. The average Bonchev–Trinajstić information content (AvgIpc) is 3.76. The molecule has 0 saturated heterocycles. The van der Waals surface area contributed by atoms with Crippen LogP contribution < -0.4 is 0 Å². The SMILES string of the molecule is C1=CCCC(c2nc(-c3ccccc3)nc(-c3ccc(-c4cccc5c4oc4ccccc45)cc3-c3ccc4c(c3)oc3ccccc34)n2)=C1. The summed E-state index contributed by atoms with van der Waals surface area (Å²) in [6.07, 6.45) is 8.22. The number of rotatable bonds is 5. The van der Waals surface area contributed by atoms with Gasteiger partial charge < -0.3 is 8.83 Å². The van der Waals surface area contributed by atoms with E-state index in [1.165, 1.54) is 0 Å². The zero-order valence-corrected chi connectivity index (χ0v) is 27.0. The molecule has 9 aromatic rings. The van der Waals surface area contributed by atoms with Gasteiger partial charge in [-0.25, -0.2) is 15.0 Å². The van der Waals surface area contributed by atoms with E-state index in [1.807, 2.05) is 60.7 Å². The predicted octanol–water partition coefficient (Wildman–Crippen LogP) is 12.1. The maximum Gasteiger partial charge on any atom is 0.164 e. The maximum absolute atomic E-state index is 6.48. The molecule has 236 valence electrons. The fraction of sp³-hybridized carbons (Fsp3) is 0.0444. The molecule has 1 aliphatic rings. The fourth-order valence-electron chi connectivity index (χ4n) is 7.16. The lowest BCUT2D eigenvalue weighted by atomic mass is 9.93. The van der Waals surface area contributed by atoms with E-state index in [2.05, 4.69) is 91.0 Å². The largest absolute Gasteiger partial charge is 0.456 e. The van der Waals surface area contributed by atoms with E-state index < -0.39 is 0 Å². The Bertz CT molecular complexity index is 2820. The van der Waals surface area contributed by atoms with E-state index in [9.17, 15) is 0 Å². The third-order valence-electron chi connectivity index (χ3n) is 9.63. The molecule has 0 N–H and O–H groups in total. The van der Waals surface area contributed by atoms with Gasteiger partial charge >= 0.3 is 0 Å². The second-order valence-electron chi connectivity index (χ2n) is 12.7. The minimum Gasteiger partial charge on any atom is -0.456 e. The minimum absolute atomic E-state index is 0.623. The van der Waals surface area contributed by atoms with Crippen molar-refractivity contribution in [1.82, 2.24) is 15.0 Å². The second-order valence-corrected chi connectivity index (χ2v) is 12.7. The highest BCUT2D eigenvalue weighted by Crippen LogP contribution is 2.41. The molecule has 3 heterocycles. The van der Waals surface area contributed by atoms with E-state index >= 15 is 0 Å². The number of nitrogens with zero attached hydrogens (tertiary/aromatic N) is 3. The summed E-state index contributed by atoms with van der Waals surface area (Å²) in [4.78, 5) is 15.3. The van der Waals surface area contributed by atoms with Crippen molar-refractivity contribution in [3.8, 4) is 45.0 Å². The van der Waals surface area contributed by atoms with Gasteiger partial charge in [0, 0.05) is 38.2 Å². The molecule has 0 atom stereocenters. The standard InChI is InChI=1S/C45H29N3O2/c1-3-12-28(13-4-1)43-46-44(29-14-5-2-6-15-29)48-45(47-43)37-25-23-30(32-18-11-19-36-34-17-8-10-21-40(34)50-42(32)36)26-38(37)31-22-24-35-33-16-7-9-20-39(33)49-41(35)27-31/h1-5,7-14,16-27H,6,15H2. The van der Waals surface area contributed by atoms with Crippen molar-refractivity contribution in [2.24, 2.45) is 0 Å². The Kier molecular flexibility index (Phi) is 6.56. The molecule has 0 radical (unpaired) electrons. The summed E-state index contributed by atoms with van der Waals surface area (Å²) in [6.45, 7) is 0. The van der Waals surface area contributed by atoms with Crippen molar-refractivity contribution in [2.45, 2.75) is 12.8 Å². The topological polar surface area (TPSA) is 65.0 Å². The smallest absolute Gasteiger partial charge is 0.164 e. The van der Waals surface area contributed by atoms with Crippen molar-refractivity contribution < 1.29 is 8.83 Å². The van der Waals surface area contributed by atoms with Gasteiger partial charge in [0.05, 0.1) is 0 Å². The molecule has 5 nitrogen and oxygen atoms in total. The van der Waals surface area contributed by atoms with Crippen molar-refractivity contribution in [1.29, 1.82) is 0 Å². The lowest BCUT2D eigenvalue weighted by Crippen LogP contribution is -2.04. The van der Waals surface area contributed by atoms with Crippen LogP contribution in [0.2, 0.25) is 0 Å². The monoisotopic (exact) mass is 643 g/mol. The van der Waals surface area contributed by atoms with Crippen molar-refractivity contribution in [3.05, 3.63) is 158 Å². The van der Waals surface area contributed by atoms with Gasteiger partial charge in [-0.2, -0.15) is 0 Å². The van der Waals surface area contributed by atoms with Crippen LogP contribution in [0, 0.1) is 0 Å². The van der Waals surface area contributed by atoms with Crippen LogP contribution in [-0.2, 0) is 0 Å². The lowest BCUT2D eigenvalue weighted by molar-refractivity contribution is 0.669. The minimum atomic E-state index is 0.623. The quantitative estimate of drug-likeness (QED) is 0.187. The Morgan fingerprint density at radius 3 is 1.96 bits per heavy atom. The predicted molar refractivity (Wildman–Crippen MR) is 202 cm³/mol. The van der Waals surface area contributed by atoms with Gasteiger partial charge in [0.25, 0.3) is 0 Å².